The number of hydrogen-bond donors (Lipinski definition) is 0. The van der Waals surface area contributed by atoms with Crippen molar-refractivity contribution in [3.05, 3.63) is 251 Å². The smallest absolute Gasteiger partial charge is 0.187 e. The zero-order valence-corrected chi connectivity index (χ0v) is 41.3. The first kappa shape index (κ1) is 52.0. The van der Waals surface area contributed by atoms with Gasteiger partial charge in [0.25, 0.3) is 0 Å². The van der Waals surface area contributed by atoms with Crippen molar-refractivity contribution in [1.82, 2.24) is 0 Å². The molecule has 0 unspecified atom stereocenters. The van der Waals surface area contributed by atoms with Crippen molar-refractivity contribution < 1.29 is 52.1 Å². The van der Waals surface area contributed by atoms with Crippen LogP contribution in [0.5, 0.6) is 0 Å². The van der Waals surface area contributed by atoms with E-state index in [-0.39, 0.29) is 39.6 Å². The predicted octanol–water partition coefficient (Wildman–Crippen LogP) is 10.8. The van der Waals surface area contributed by atoms with Crippen LogP contribution in [-0.4, -0.2) is 81.7 Å². The molecule has 0 saturated carbocycles. The highest BCUT2D eigenvalue weighted by Gasteiger charge is 2.55. The topological polar surface area (TPSA) is 102 Å². The molecule has 2 aliphatic heterocycles. The molecule has 0 radical (unpaired) electrons. The van der Waals surface area contributed by atoms with Crippen molar-refractivity contribution in [3.63, 3.8) is 0 Å². The largest absolute Gasteiger partial charge is 0.374 e. The van der Waals surface area contributed by atoms with Crippen LogP contribution in [-0.2, 0) is 98.4 Å². The van der Waals surface area contributed by atoms with E-state index in [0.29, 0.717) is 19.8 Å². The minimum atomic E-state index is -1.05. The molecule has 2 heterocycles. The first-order valence-corrected chi connectivity index (χ1v) is 25.2. The minimum Gasteiger partial charge on any atom is -0.374 e. The van der Waals surface area contributed by atoms with Gasteiger partial charge in [0.2, 0.25) is 0 Å². The van der Waals surface area contributed by atoms with Crippen LogP contribution < -0.4 is 0 Å². The van der Waals surface area contributed by atoms with Crippen molar-refractivity contribution in [2.24, 2.45) is 0 Å². The fraction of sp³-hybridized carbons (Fsp3) is 0.323. The van der Waals surface area contributed by atoms with E-state index in [4.69, 9.17) is 52.1 Å². The van der Waals surface area contributed by atoms with Crippen LogP contribution in [0.1, 0.15) is 38.9 Å². The van der Waals surface area contributed by atoms with Crippen LogP contribution in [0.4, 0.5) is 0 Å². The Balaban J connectivity index is 1.09. The van der Waals surface area contributed by atoms with Crippen LogP contribution in [0.2, 0.25) is 0 Å². The molecule has 10 atom stereocenters. The molecule has 0 spiro atoms. The highest BCUT2D eigenvalue weighted by atomic mass is 16.8. The van der Waals surface area contributed by atoms with Gasteiger partial charge in [0.1, 0.15) is 48.8 Å². The molecule has 2 aliphatic rings. The summed E-state index contributed by atoms with van der Waals surface area (Å²) in [6.45, 7) is 2.39. The fourth-order valence-electron chi connectivity index (χ4n) is 9.13. The molecule has 0 aliphatic carbocycles. The SMILES string of the molecule is CO[C@H]1O[C@H](COCc2ccccc2)[C@@H](O[C@H]2O[C@H]([C@@H](COCc3ccccc3)OCc3ccccc3)[C@H](OCc3ccccc3)[C@H]2OCc2ccccc2)[C@H](OCc2ccccc2)[C@H]1OCc1ccccc1. The van der Waals surface area contributed by atoms with Gasteiger partial charge in [0.15, 0.2) is 12.6 Å². The van der Waals surface area contributed by atoms with Crippen molar-refractivity contribution in [2.75, 3.05) is 20.3 Å². The summed E-state index contributed by atoms with van der Waals surface area (Å²) in [4.78, 5) is 0. The van der Waals surface area contributed by atoms with Gasteiger partial charge in [-0.2, -0.15) is 0 Å². The summed E-state index contributed by atoms with van der Waals surface area (Å²) >= 11 is 0. The Kier molecular flexibility index (Phi) is 19.9. The number of benzene rings is 7. The summed E-state index contributed by atoms with van der Waals surface area (Å²) in [6, 6.07) is 70.4. The summed E-state index contributed by atoms with van der Waals surface area (Å²) in [5, 5.41) is 0. The summed E-state index contributed by atoms with van der Waals surface area (Å²) in [6.07, 6.45) is -7.91. The third-order valence-corrected chi connectivity index (χ3v) is 12.9. The van der Waals surface area contributed by atoms with Gasteiger partial charge in [-0.25, -0.2) is 0 Å². The first-order valence-electron chi connectivity index (χ1n) is 25.2. The second-order valence-corrected chi connectivity index (χ2v) is 18.2. The van der Waals surface area contributed by atoms with Crippen molar-refractivity contribution in [1.29, 1.82) is 0 Å². The summed E-state index contributed by atoms with van der Waals surface area (Å²) in [5.74, 6) is 0. The molecule has 73 heavy (non-hydrogen) atoms. The maximum absolute atomic E-state index is 7.46. The molecule has 0 bridgehead atoms. The van der Waals surface area contributed by atoms with Crippen LogP contribution in [0.15, 0.2) is 212 Å². The van der Waals surface area contributed by atoms with Gasteiger partial charge >= 0.3 is 0 Å². The van der Waals surface area contributed by atoms with E-state index < -0.39 is 61.4 Å². The minimum absolute atomic E-state index is 0.131. The second-order valence-electron chi connectivity index (χ2n) is 18.2. The molecule has 0 N–H and O–H groups in total. The molecular formula is C62H66O11. The monoisotopic (exact) mass is 986 g/mol. The third-order valence-electron chi connectivity index (χ3n) is 12.9. The molecule has 2 fully saturated rings. The van der Waals surface area contributed by atoms with Gasteiger partial charge in [-0.3, -0.25) is 0 Å². The molecular weight excluding hydrogens is 921 g/mol. The quantitative estimate of drug-likeness (QED) is 0.0492. The Morgan fingerprint density at radius 1 is 0.356 bits per heavy atom. The van der Waals surface area contributed by atoms with Gasteiger partial charge in [0, 0.05) is 7.11 Å². The lowest BCUT2D eigenvalue weighted by atomic mass is 9.97. The molecule has 0 amide bonds. The second kappa shape index (κ2) is 28.0. The summed E-state index contributed by atoms with van der Waals surface area (Å²) < 4.78 is 75.5. The summed E-state index contributed by atoms with van der Waals surface area (Å²) in [5.41, 5.74) is 6.99. The molecule has 7 aromatic carbocycles. The third kappa shape index (κ3) is 15.3. The lowest BCUT2D eigenvalue weighted by Gasteiger charge is -2.46. The Labute approximate surface area is 429 Å². The molecule has 9 rings (SSSR count). The van der Waals surface area contributed by atoms with E-state index >= 15 is 0 Å². The van der Waals surface area contributed by atoms with Gasteiger partial charge in [-0.15, -0.1) is 0 Å². The lowest BCUT2D eigenvalue weighted by Crippen LogP contribution is -2.62. The first-order chi connectivity index (χ1) is 36.2. The molecule has 7 aromatic rings. The Bertz CT molecular complexity index is 2560. The normalized spacial score (nSPS) is 23.3. The van der Waals surface area contributed by atoms with Gasteiger partial charge < -0.3 is 52.1 Å². The molecule has 11 heteroatoms. The zero-order chi connectivity index (χ0) is 49.7. The standard InChI is InChI=1S/C62H66O11/c1-63-61-59(69-42-51-33-19-7-20-34-51)58(68-41-50-31-17-6-18-32-50)56(54(71-61)45-65-38-47-25-11-3-12-26-47)73-62-60(70-43-52-35-21-8-22-36-52)57(67-40-49-29-15-5-16-30-49)55(72-62)53(66-39-48-27-13-4-14-28-48)44-64-37-46-23-9-2-10-24-46/h2-36,53-62H,37-45H2,1H3/t53-,54-,55-,56-,57+,58+,59-,60-,61+,62-/m1/s1. The van der Waals surface area contributed by atoms with Crippen molar-refractivity contribution >= 4 is 0 Å². The van der Waals surface area contributed by atoms with Gasteiger partial charge in [0.05, 0.1) is 59.5 Å². The van der Waals surface area contributed by atoms with Crippen molar-refractivity contribution in [2.45, 2.75) is 108 Å². The number of rotatable bonds is 27. The average molecular weight is 987 g/mol. The molecule has 2 saturated heterocycles. The van der Waals surface area contributed by atoms with E-state index in [1.165, 1.54) is 0 Å². The van der Waals surface area contributed by atoms with Gasteiger partial charge in [-0.05, 0) is 38.9 Å². The Morgan fingerprint density at radius 2 is 0.712 bits per heavy atom. The Hall–Kier alpha value is -5.90. The maximum Gasteiger partial charge on any atom is 0.187 e. The van der Waals surface area contributed by atoms with E-state index in [0.717, 1.165) is 38.9 Å². The number of ether oxygens (including phenoxy) is 11. The molecule has 0 aromatic heterocycles. The van der Waals surface area contributed by atoms with Crippen LogP contribution in [0, 0.1) is 0 Å². The Morgan fingerprint density at radius 3 is 1.14 bits per heavy atom. The van der Waals surface area contributed by atoms with E-state index in [1.807, 2.05) is 212 Å². The highest BCUT2D eigenvalue weighted by molar-refractivity contribution is 5.19. The van der Waals surface area contributed by atoms with Crippen molar-refractivity contribution in [3.8, 4) is 0 Å². The van der Waals surface area contributed by atoms with E-state index in [9.17, 15) is 0 Å². The predicted molar refractivity (Wildman–Crippen MR) is 276 cm³/mol. The van der Waals surface area contributed by atoms with Gasteiger partial charge in [-0.1, -0.05) is 212 Å². The van der Waals surface area contributed by atoms with Crippen LogP contribution >= 0.6 is 0 Å². The summed E-state index contributed by atoms with van der Waals surface area (Å²) in [7, 11) is 1.61. The maximum atomic E-state index is 7.46. The number of methoxy groups -OCH3 is 1. The molecule has 380 valence electrons. The highest BCUT2D eigenvalue weighted by Crippen LogP contribution is 2.38. The van der Waals surface area contributed by atoms with Crippen LogP contribution in [0.3, 0.4) is 0 Å². The molecule has 11 nitrogen and oxygen atoms in total. The lowest BCUT2D eigenvalue weighted by molar-refractivity contribution is -0.344. The average Bonchev–Trinajstić information content (AvgIpc) is 3.79. The fourth-order valence-corrected chi connectivity index (χ4v) is 9.13. The zero-order valence-electron chi connectivity index (χ0n) is 41.3. The van der Waals surface area contributed by atoms with E-state index in [1.54, 1.807) is 7.11 Å². The number of hydrogen-bond acceptors (Lipinski definition) is 11. The van der Waals surface area contributed by atoms with Crippen LogP contribution in [0.25, 0.3) is 0 Å². The van der Waals surface area contributed by atoms with E-state index in [2.05, 4.69) is 0 Å².